The summed E-state index contributed by atoms with van der Waals surface area (Å²) < 4.78 is 9.89. The molecule has 0 aliphatic carbocycles. The van der Waals surface area contributed by atoms with Crippen molar-refractivity contribution >= 4 is 17.6 Å². The number of ether oxygens (including phenoxy) is 1. The molecule has 122 valence electrons. The molecule has 6 nitrogen and oxygen atoms in total. The summed E-state index contributed by atoms with van der Waals surface area (Å²) in [6, 6.07) is 7.55. The van der Waals surface area contributed by atoms with E-state index in [-0.39, 0.29) is 12.2 Å². The van der Waals surface area contributed by atoms with Gasteiger partial charge in [-0.2, -0.15) is 0 Å². The number of esters is 1. The molecule has 1 aromatic heterocycles. The molecule has 6 heteroatoms. The minimum absolute atomic E-state index is 0.263. The highest BCUT2D eigenvalue weighted by Crippen LogP contribution is 2.17. The number of aryl methyl sites for hydroxylation is 2. The second-order valence-corrected chi connectivity index (χ2v) is 5.60. The SMILES string of the molecule is Cc1noc(C)c1C(=O)OCC(=O)Nc1ccc(C(C)C)cc1. The first-order valence-corrected chi connectivity index (χ1v) is 7.38. The van der Waals surface area contributed by atoms with Crippen LogP contribution in [0, 0.1) is 13.8 Å². The van der Waals surface area contributed by atoms with Crippen LogP contribution in [0.5, 0.6) is 0 Å². The van der Waals surface area contributed by atoms with Gasteiger partial charge in [0.25, 0.3) is 5.91 Å². The van der Waals surface area contributed by atoms with Gasteiger partial charge in [0.05, 0.1) is 5.69 Å². The lowest BCUT2D eigenvalue weighted by molar-refractivity contribution is -0.119. The normalized spacial score (nSPS) is 10.7. The van der Waals surface area contributed by atoms with Gasteiger partial charge in [-0.25, -0.2) is 4.79 Å². The zero-order valence-corrected chi connectivity index (χ0v) is 13.7. The zero-order chi connectivity index (χ0) is 17.0. The maximum Gasteiger partial charge on any atom is 0.344 e. The first-order chi connectivity index (χ1) is 10.9. The maximum absolute atomic E-state index is 11.9. The molecule has 1 heterocycles. The molecule has 1 aromatic carbocycles. The number of nitrogens with zero attached hydrogens (tertiary/aromatic N) is 1. The molecule has 0 saturated heterocycles. The molecule has 1 N–H and O–H groups in total. The van der Waals surface area contributed by atoms with E-state index < -0.39 is 11.9 Å². The van der Waals surface area contributed by atoms with E-state index in [0.29, 0.717) is 23.1 Å². The van der Waals surface area contributed by atoms with E-state index in [1.54, 1.807) is 13.8 Å². The smallest absolute Gasteiger partial charge is 0.344 e. The van der Waals surface area contributed by atoms with E-state index in [0.717, 1.165) is 0 Å². The van der Waals surface area contributed by atoms with Crippen LogP contribution in [0.25, 0.3) is 0 Å². The van der Waals surface area contributed by atoms with Crippen molar-refractivity contribution < 1.29 is 18.8 Å². The molecule has 0 atom stereocenters. The van der Waals surface area contributed by atoms with Crippen LogP contribution in [0.2, 0.25) is 0 Å². The van der Waals surface area contributed by atoms with Crippen molar-refractivity contribution in [1.82, 2.24) is 5.16 Å². The van der Waals surface area contributed by atoms with Gasteiger partial charge in [-0.1, -0.05) is 31.1 Å². The van der Waals surface area contributed by atoms with E-state index in [9.17, 15) is 9.59 Å². The molecule has 0 fully saturated rings. The fourth-order valence-corrected chi connectivity index (χ4v) is 2.13. The predicted octanol–water partition coefficient (Wildman–Crippen LogP) is 3.21. The second-order valence-electron chi connectivity index (χ2n) is 5.60. The van der Waals surface area contributed by atoms with Gasteiger partial charge < -0.3 is 14.6 Å². The Balaban J connectivity index is 1.89. The number of aromatic nitrogens is 1. The van der Waals surface area contributed by atoms with Gasteiger partial charge in [-0.15, -0.1) is 0 Å². The minimum atomic E-state index is -0.619. The fourth-order valence-electron chi connectivity index (χ4n) is 2.13. The Morgan fingerprint density at radius 2 is 1.87 bits per heavy atom. The minimum Gasteiger partial charge on any atom is -0.452 e. The molecule has 0 radical (unpaired) electrons. The molecule has 23 heavy (non-hydrogen) atoms. The van der Waals surface area contributed by atoms with Gasteiger partial charge in [0.2, 0.25) is 0 Å². The Bertz CT molecular complexity index is 682. The summed E-state index contributed by atoms with van der Waals surface area (Å²) in [5.74, 6) is -0.220. The molecule has 0 bridgehead atoms. The van der Waals surface area contributed by atoms with Gasteiger partial charge in [0, 0.05) is 5.69 Å². The number of hydrogen-bond acceptors (Lipinski definition) is 5. The van der Waals surface area contributed by atoms with Crippen molar-refractivity contribution in [2.24, 2.45) is 0 Å². The molecule has 0 aliphatic rings. The van der Waals surface area contributed by atoms with Gasteiger partial charge in [-0.05, 0) is 37.5 Å². The van der Waals surface area contributed by atoms with Gasteiger partial charge in [0.1, 0.15) is 11.3 Å². The highest BCUT2D eigenvalue weighted by molar-refractivity contribution is 5.96. The second kappa shape index (κ2) is 7.09. The molecular formula is C17H20N2O4. The summed E-state index contributed by atoms with van der Waals surface area (Å²) in [5, 5.41) is 6.36. The number of amides is 1. The van der Waals surface area contributed by atoms with Crippen LogP contribution in [0.1, 0.15) is 47.1 Å². The molecule has 0 spiro atoms. The van der Waals surface area contributed by atoms with E-state index in [1.165, 1.54) is 5.56 Å². The average molecular weight is 316 g/mol. The van der Waals surface area contributed by atoms with Crippen molar-refractivity contribution in [1.29, 1.82) is 0 Å². The summed E-state index contributed by atoms with van der Waals surface area (Å²) in [4.78, 5) is 23.8. The highest BCUT2D eigenvalue weighted by Gasteiger charge is 2.19. The number of anilines is 1. The van der Waals surface area contributed by atoms with Gasteiger partial charge >= 0.3 is 5.97 Å². The number of nitrogens with one attached hydrogen (secondary N) is 1. The quantitative estimate of drug-likeness (QED) is 0.857. The molecule has 2 aromatic rings. The highest BCUT2D eigenvalue weighted by atomic mass is 16.5. The van der Waals surface area contributed by atoms with Crippen molar-refractivity contribution in [2.75, 3.05) is 11.9 Å². The number of carbonyl (C=O) groups is 2. The fraction of sp³-hybridized carbons (Fsp3) is 0.353. The van der Waals surface area contributed by atoms with Gasteiger partial charge in [0.15, 0.2) is 6.61 Å². The Morgan fingerprint density at radius 3 is 2.39 bits per heavy atom. The van der Waals surface area contributed by atoms with Crippen LogP contribution < -0.4 is 5.32 Å². The number of hydrogen-bond donors (Lipinski definition) is 1. The summed E-state index contributed by atoms with van der Waals surface area (Å²) in [5.41, 5.74) is 2.55. The molecule has 1 amide bonds. The van der Waals surface area contributed by atoms with Crippen LogP contribution in [0.4, 0.5) is 5.69 Å². The van der Waals surface area contributed by atoms with E-state index in [2.05, 4.69) is 24.3 Å². The maximum atomic E-state index is 11.9. The number of carbonyl (C=O) groups excluding carboxylic acids is 2. The third-order valence-corrected chi connectivity index (χ3v) is 3.43. The third-order valence-electron chi connectivity index (χ3n) is 3.43. The van der Waals surface area contributed by atoms with Crippen molar-refractivity contribution in [3.8, 4) is 0 Å². The first-order valence-electron chi connectivity index (χ1n) is 7.38. The topological polar surface area (TPSA) is 81.4 Å². The largest absolute Gasteiger partial charge is 0.452 e. The Labute approximate surface area is 134 Å². The summed E-state index contributed by atoms with van der Waals surface area (Å²) in [6.45, 7) is 7.09. The lowest BCUT2D eigenvalue weighted by Gasteiger charge is -2.09. The lowest BCUT2D eigenvalue weighted by Crippen LogP contribution is -2.21. The average Bonchev–Trinajstić information content (AvgIpc) is 2.84. The molecule has 2 rings (SSSR count). The third kappa shape index (κ3) is 4.18. The Hall–Kier alpha value is -2.63. The van der Waals surface area contributed by atoms with Crippen LogP contribution in [-0.4, -0.2) is 23.6 Å². The molecule has 0 saturated carbocycles. The van der Waals surface area contributed by atoms with Crippen molar-refractivity contribution in [3.05, 3.63) is 46.8 Å². The summed E-state index contributed by atoms with van der Waals surface area (Å²) >= 11 is 0. The van der Waals surface area contributed by atoms with Gasteiger partial charge in [-0.3, -0.25) is 4.79 Å². The summed E-state index contributed by atoms with van der Waals surface area (Å²) in [6.07, 6.45) is 0. The van der Waals surface area contributed by atoms with Crippen LogP contribution >= 0.6 is 0 Å². The van der Waals surface area contributed by atoms with E-state index in [1.807, 2.05) is 24.3 Å². The predicted molar refractivity (Wildman–Crippen MR) is 85.4 cm³/mol. The van der Waals surface area contributed by atoms with Crippen LogP contribution in [0.3, 0.4) is 0 Å². The zero-order valence-electron chi connectivity index (χ0n) is 13.7. The Kier molecular flexibility index (Phi) is 5.16. The lowest BCUT2D eigenvalue weighted by atomic mass is 10.0. The van der Waals surface area contributed by atoms with E-state index >= 15 is 0 Å². The first kappa shape index (κ1) is 16.7. The summed E-state index contributed by atoms with van der Waals surface area (Å²) in [7, 11) is 0. The van der Waals surface area contributed by atoms with Crippen molar-refractivity contribution in [2.45, 2.75) is 33.6 Å². The van der Waals surface area contributed by atoms with Crippen LogP contribution in [-0.2, 0) is 9.53 Å². The monoisotopic (exact) mass is 316 g/mol. The molecule has 0 aliphatic heterocycles. The van der Waals surface area contributed by atoms with E-state index in [4.69, 9.17) is 9.26 Å². The number of rotatable bonds is 5. The van der Waals surface area contributed by atoms with Crippen LogP contribution in [0.15, 0.2) is 28.8 Å². The molecule has 0 unspecified atom stereocenters. The Morgan fingerprint density at radius 1 is 1.22 bits per heavy atom. The van der Waals surface area contributed by atoms with Crippen molar-refractivity contribution in [3.63, 3.8) is 0 Å². The number of benzene rings is 1. The molecular weight excluding hydrogens is 296 g/mol. The standard InChI is InChI=1S/C17H20N2O4/c1-10(2)13-5-7-14(8-6-13)18-15(20)9-22-17(21)16-11(3)19-23-12(16)4/h5-8,10H,9H2,1-4H3,(H,18,20).